The molecule has 0 saturated carbocycles. The van der Waals surface area contributed by atoms with Crippen molar-refractivity contribution in [2.75, 3.05) is 17.3 Å². The SMILES string of the molecule is CN(c1ccccc1)c1nc(Cl)nc(Nc2cc(S(=O)(=O)[O-])cc3cc(S(=O)(=O)[O-])c(N=Nc4ccccc4S(=O)(=O)[O-])c(O)c23)n1. The molecule has 0 aliphatic rings. The van der Waals surface area contributed by atoms with Gasteiger partial charge in [0, 0.05) is 18.1 Å². The summed E-state index contributed by atoms with van der Waals surface area (Å²) in [7, 11) is -14.2. The number of rotatable bonds is 9. The molecule has 0 aliphatic carbocycles. The number of aromatic hydroxyl groups is 1. The fourth-order valence-corrected chi connectivity index (χ4v) is 6.22. The number of benzene rings is 4. The van der Waals surface area contributed by atoms with E-state index in [2.05, 4.69) is 30.5 Å². The summed E-state index contributed by atoms with van der Waals surface area (Å²) in [6.45, 7) is 0. The normalized spacial score (nSPS) is 12.4. The highest BCUT2D eigenvalue weighted by molar-refractivity contribution is 7.86. The van der Waals surface area contributed by atoms with Gasteiger partial charge in [0.1, 0.15) is 41.7 Å². The van der Waals surface area contributed by atoms with Crippen LogP contribution in [0.1, 0.15) is 0 Å². The maximum atomic E-state index is 12.2. The van der Waals surface area contributed by atoms with Gasteiger partial charge in [-0.05, 0) is 59.5 Å². The van der Waals surface area contributed by atoms with Gasteiger partial charge in [0.25, 0.3) is 0 Å². The third-order valence-corrected chi connectivity index (χ3v) is 9.08. The van der Waals surface area contributed by atoms with E-state index in [1.54, 1.807) is 37.4 Å². The number of nitrogens with zero attached hydrogens (tertiary/aromatic N) is 6. The summed E-state index contributed by atoms with van der Waals surface area (Å²) in [5, 5.41) is 19.9. The van der Waals surface area contributed by atoms with Crippen LogP contribution in [-0.2, 0) is 30.4 Å². The Labute approximate surface area is 271 Å². The molecular weight excluding hydrogens is 702 g/mol. The van der Waals surface area contributed by atoms with Crippen molar-refractivity contribution < 1.29 is 44.0 Å². The summed E-state index contributed by atoms with van der Waals surface area (Å²) in [6, 6.07) is 15.3. The predicted octanol–water partition coefficient (Wildman–Crippen LogP) is 4.02. The van der Waals surface area contributed by atoms with Crippen molar-refractivity contribution in [3.63, 3.8) is 0 Å². The molecule has 0 atom stereocenters. The number of phenols is 1. The first-order valence-electron chi connectivity index (χ1n) is 12.6. The maximum Gasteiger partial charge on any atom is 0.235 e. The lowest BCUT2D eigenvalue weighted by atomic mass is 10.1. The van der Waals surface area contributed by atoms with Crippen molar-refractivity contribution in [3.05, 3.63) is 78.1 Å². The van der Waals surface area contributed by atoms with Crippen LogP contribution in [0.25, 0.3) is 10.8 Å². The molecule has 17 nitrogen and oxygen atoms in total. The Morgan fingerprint density at radius 2 is 1.43 bits per heavy atom. The highest BCUT2D eigenvalue weighted by Crippen LogP contribution is 2.46. The van der Waals surface area contributed by atoms with E-state index in [9.17, 15) is 44.0 Å². The van der Waals surface area contributed by atoms with Gasteiger partial charge in [0.2, 0.25) is 17.2 Å². The molecule has 0 aliphatic heterocycles. The molecule has 0 spiro atoms. The molecule has 244 valence electrons. The standard InChI is InChI=1S/C26H20ClN7O10S3/c1-34(15-7-3-2-4-8-15)26-30-24(27)29-25(31-26)28-18-13-16(45(36,37)38)11-14-12-20(47(42,43)44)22(23(35)21(14)18)33-32-17-9-5-6-10-19(17)46(39,40)41/h2-13,35H,1H3,(H,36,37,38)(H,39,40,41)(H,42,43,44)(H,28,29,30,31)/p-3. The van der Waals surface area contributed by atoms with Crippen LogP contribution in [0.4, 0.5) is 34.6 Å². The van der Waals surface area contributed by atoms with E-state index in [-0.39, 0.29) is 17.2 Å². The summed E-state index contributed by atoms with van der Waals surface area (Å²) in [5.41, 5.74) is -1.34. The fourth-order valence-electron chi connectivity index (χ4n) is 4.28. The van der Waals surface area contributed by atoms with Crippen molar-refractivity contribution in [2.24, 2.45) is 10.2 Å². The highest BCUT2D eigenvalue weighted by atomic mass is 35.5. The molecule has 0 amide bonds. The minimum absolute atomic E-state index is 0.000966. The van der Waals surface area contributed by atoms with Crippen molar-refractivity contribution in [1.29, 1.82) is 0 Å². The van der Waals surface area contributed by atoms with Crippen LogP contribution in [0.5, 0.6) is 5.75 Å². The van der Waals surface area contributed by atoms with Gasteiger partial charge in [-0.2, -0.15) is 15.0 Å². The van der Waals surface area contributed by atoms with E-state index in [0.717, 1.165) is 18.2 Å². The first kappa shape index (κ1) is 33.5. The zero-order valence-electron chi connectivity index (χ0n) is 23.3. The highest BCUT2D eigenvalue weighted by Gasteiger charge is 2.23. The van der Waals surface area contributed by atoms with Gasteiger partial charge in [-0.15, -0.1) is 10.2 Å². The Kier molecular flexibility index (Phi) is 8.85. The zero-order valence-corrected chi connectivity index (χ0v) is 26.5. The third kappa shape index (κ3) is 7.28. The van der Waals surface area contributed by atoms with Gasteiger partial charge in [-0.25, -0.2) is 25.3 Å². The molecule has 1 aromatic heterocycles. The topological polar surface area (TPSA) is 270 Å². The molecule has 0 fully saturated rings. The van der Waals surface area contributed by atoms with Crippen LogP contribution in [0.15, 0.2) is 97.7 Å². The molecule has 5 aromatic rings. The van der Waals surface area contributed by atoms with E-state index < -0.39 is 78.6 Å². The van der Waals surface area contributed by atoms with Crippen LogP contribution in [-0.4, -0.2) is 66.0 Å². The first-order chi connectivity index (χ1) is 21.9. The molecule has 21 heteroatoms. The third-order valence-electron chi connectivity index (χ3n) is 6.36. The first-order valence-corrected chi connectivity index (χ1v) is 17.2. The lowest BCUT2D eigenvalue weighted by molar-refractivity contribution is 0.458. The molecule has 1 heterocycles. The Bertz CT molecular complexity index is 2410. The number of aromatic nitrogens is 3. The second-order valence-electron chi connectivity index (χ2n) is 9.42. The Morgan fingerprint density at radius 3 is 2.06 bits per heavy atom. The van der Waals surface area contributed by atoms with Crippen LogP contribution in [0, 0.1) is 0 Å². The van der Waals surface area contributed by atoms with E-state index in [4.69, 9.17) is 11.6 Å². The molecule has 0 unspecified atom stereocenters. The molecule has 5 rings (SSSR count). The Hall–Kier alpha value is -4.83. The minimum Gasteiger partial charge on any atom is -0.744 e. The van der Waals surface area contributed by atoms with Crippen molar-refractivity contribution in [2.45, 2.75) is 14.7 Å². The average molecular weight is 719 g/mol. The number of anilines is 4. The summed E-state index contributed by atoms with van der Waals surface area (Å²) < 4.78 is 108. The van der Waals surface area contributed by atoms with Gasteiger partial charge in [0.05, 0.1) is 20.4 Å². The lowest BCUT2D eigenvalue weighted by Crippen LogP contribution is -2.15. The molecular formula is C26H17ClN7O10S3-3. The van der Waals surface area contributed by atoms with Crippen LogP contribution in [0.2, 0.25) is 5.28 Å². The van der Waals surface area contributed by atoms with Gasteiger partial charge in [0.15, 0.2) is 5.75 Å². The fraction of sp³-hybridized carbons (Fsp3) is 0.0385. The minimum atomic E-state index is -5.51. The molecule has 0 bridgehead atoms. The summed E-state index contributed by atoms with van der Waals surface area (Å²) in [4.78, 5) is 10.8. The van der Waals surface area contributed by atoms with E-state index in [1.165, 1.54) is 17.0 Å². The van der Waals surface area contributed by atoms with Crippen LogP contribution in [0.3, 0.4) is 0 Å². The number of phenolic OH excluding ortho intramolecular Hbond substituents is 1. The van der Waals surface area contributed by atoms with E-state index in [0.29, 0.717) is 17.8 Å². The molecule has 47 heavy (non-hydrogen) atoms. The van der Waals surface area contributed by atoms with E-state index in [1.807, 2.05) is 0 Å². The summed E-state index contributed by atoms with van der Waals surface area (Å²) in [5.74, 6) is -1.41. The van der Waals surface area contributed by atoms with Crippen LogP contribution >= 0.6 is 11.6 Å². The summed E-state index contributed by atoms with van der Waals surface area (Å²) in [6.07, 6.45) is 0. The number of fused-ring (bicyclic) bond motifs is 1. The smallest absolute Gasteiger partial charge is 0.235 e. The molecule has 0 radical (unpaired) electrons. The second-order valence-corrected chi connectivity index (χ2v) is 13.8. The number of hydrogen-bond donors (Lipinski definition) is 2. The number of halogens is 1. The van der Waals surface area contributed by atoms with E-state index >= 15 is 0 Å². The van der Waals surface area contributed by atoms with Gasteiger partial charge in [-0.1, -0.05) is 30.3 Å². The number of para-hydroxylation sites is 1. The number of azo groups is 1. The summed E-state index contributed by atoms with van der Waals surface area (Å²) >= 11 is 6.12. The maximum absolute atomic E-state index is 12.2. The largest absolute Gasteiger partial charge is 0.744 e. The number of nitrogens with one attached hydrogen (secondary N) is 1. The van der Waals surface area contributed by atoms with Crippen molar-refractivity contribution in [1.82, 2.24) is 15.0 Å². The lowest BCUT2D eigenvalue weighted by Gasteiger charge is -2.19. The average Bonchev–Trinajstić information content (AvgIpc) is 2.98. The van der Waals surface area contributed by atoms with Gasteiger partial charge >= 0.3 is 0 Å². The molecule has 0 saturated heterocycles. The quantitative estimate of drug-likeness (QED) is 0.161. The Morgan fingerprint density at radius 1 is 0.787 bits per heavy atom. The second kappa shape index (κ2) is 12.4. The predicted molar refractivity (Wildman–Crippen MR) is 163 cm³/mol. The monoisotopic (exact) mass is 718 g/mol. The zero-order chi connectivity index (χ0) is 34.3. The van der Waals surface area contributed by atoms with Crippen molar-refractivity contribution >= 4 is 87.4 Å². The van der Waals surface area contributed by atoms with Gasteiger partial charge < -0.3 is 29.0 Å². The molecule has 4 aromatic carbocycles. The van der Waals surface area contributed by atoms with Crippen molar-refractivity contribution in [3.8, 4) is 5.75 Å². The molecule has 2 N–H and O–H groups in total. The van der Waals surface area contributed by atoms with Gasteiger partial charge in [-0.3, -0.25) is 0 Å². The number of hydrogen-bond acceptors (Lipinski definition) is 17. The Balaban J connectivity index is 1.75. The van der Waals surface area contributed by atoms with Crippen LogP contribution < -0.4 is 10.2 Å².